The number of amides is 2. The number of anilines is 1. The molecule has 122 valence electrons. The van der Waals surface area contributed by atoms with Crippen molar-refractivity contribution in [1.82, 2.24) is 15.1 Å². The van der Waals surface area contributed by atoms with Crippen molar-refractivity contribution in [2.24, 2.45) is 0 Å². The summed E-state index contributed by atoms with van der Waals surface area (Å²) in [6.45, 7) is 3.26. The highest BCUT2D eigenvalue weighted by molar-refractivity contribution is 5.89. The van der Waals surface area contributed by atoms with Crippen molar-refractivity contribution in [3.05, 3.63) is 83.7 Å². The molecule has 0 aliphatic rings. The van der Waals surface area contributed by atoms with E-state index in [0.717, 1.165) is 16.8 Å². The number of aromatic nitrogens is 2. The summed E-state index contributed by atoms with van der Waals surface area (Å²) >= 11 is 0. The van der Waals surface area contributed by atoms with Gasteiger partial charge in [-0.3, -0.25) is 4.68 Å². The average Bonchev–Trinajstić information content (AvgIpc) is 3.09. The molecule has 2 amide bonds. The third-order valence-corrected chi connectivity index (χ3v) is 3.82. The zero-order valence-corrected chi connectivity index (χ0v) is 13.6. The van der Waals surface area contributed by atoms with Crippen LogP contribution in [0.4, 0.5) is 10.5 Å². The maximum atomic E-state index is 12.0. The number of aryl methyl sites for hydroxylation is 1. The van der Waals surface area contributed by atoms with E-state index >= 15 is 0 Å². The van der Waals surface area contributed by atoms with Gasteiger partial charge in [0.25, 0.3) is 0 Å². The van der Waals surface area contributed by atoms with Crippen molar-refractivity contribution in [2.75, 3.05) is 5.32 Å². The predicted molar refractivity (Wildman–Crippen MR) is 94.8 cm³/mol. The molecule has 0 spiro atoms. The van der Waals surface area contributed by atoms with Crippen LogP contribution in [0.5, 0.6) is 0 Å². The lowest BCUT2D eigenvalue weighted by atomic mass is 10.1. The second-order valence-electron chi connectivity index (χ2n) is 5.63. The zero-order valence-electron chi connectivity index (χ0n) is 13.6. The van der Waals surface area contributed by atoms with Crippen molar-refractivity contribution < 1.29 is 4.79 Å². The van der Waals surface area contributed by atoms with Gasteiger partial charge >= 0.3 is 6.03 Å². The van der Waals surface area contributed by atoms with Gasteiger partial charge in [-0.05, 0) is 41.8 Å². The van der Waals surface area contributed by atoms with E-state index in [1.165, 1.54) is 5.56 Å². The standard InChI is InChI=1S/C19H20N4O/c1-15-5-2-3-6-17(15)13-20-19(24)22-18-9-7-16(8-10-18)14-23-12-4-11-21-23/h2-12H,13-14H2,1H3,(H2,20,22,24). The zero-order chi connectivity index (χ0) is 16.8. The molecular formula is C19H20N4O. The molecule has 0 aliphatic heterocycles. The molecule has 1 heterocycles. The van der Waals surface area contributed by atoms with Crippen LogP contribution in [-0.4, -0.2) is 15.8 Å². The lowest BCUT2D eigenvalue weighted by Crippen LogP contribution is -2.28. The van der Waals surface area contributed by atoms with Crippen LogP contribution < -0.4 is 10.6 Å². The number of benzene rings is 2. The molecule has 1 aromatic heterocycles. The number of urea groups is 1. The van der Waals surface area contributed by atoms with Gasteiger partial charge in [0.15, 0.2) is 0 Å². The summed E-state index contributed by atoms with van der Waals surface area (Å²) in [7, 11) is 0. The van der Waals surface area contributed by atoms with Crippen molar-refractivity contribution in [3.63, 3.8) is 0 Å². The fraction of sp³-hybridized carbons (Fsp3) is 0.158. The molecular weight excluding hydrogens is 300 g/mol. The highest BCUT2D eigenvalue weighted by Gasteiger charge is 2.03. The smallest absolute Gasteiger partial charge is 0.319 e. The van der Waals surface area contributed by atoms with E-state index in [0.29, 0.717) is 13.1 Å². The van der Waals surface area contributed by atoms with Crippen molar-refractivity contribution in [1.29, 1.82) is 0 Å². The minimum Gasteiger partial charge on any atom is -0.334 e. The van der Waals surface area contributed by atoms with Crippen molar-refractivity contribution in [2.45, 2.75) is 20.0 Å². The van der Waals surface area contributed by atoms with E-state index in [9.17, 15) is 4.79 Å². The molecule has 2 aromatic carbocycles. The van der Waals surface area contributed by atoms with E-state index in [1.807, 2.05) is 72.4 Å². The van der Waals surface area contributed by atoms with Crippen LogP contribution >= 0.6 is 0 Å². The number of nitrogens with one attached hydrogen (secondary N) is 2. The number of rotatable bonds is 5. The Morgan fingerprint density at radius 2 is 1.88 bits per heavy atom. The fourth-order valence-electron chi connectivity index (χ4n) is 2.43. The Bertz CT molecular complexity index is 794. The summed E-state index contributed by atoms with van der Waals surface area (Å²) in [5.41, 5.74) is 4.18. The van der Waals surface area contributed by atoms with Crippen LogP contribution in [-0.2, 0) is 13.1 Å². The summed E-state index contributed by atoms with van der Waals surface area (Å²) in [6, 6.07) is 17.5. The predicted octanol–water partition coefficient (Wildman–Crippen LogP) is 3.56. The fourth-order valence-corrected chi connectivity index (χ4v) is 2.43. The van der Waals surface area contributed by atoms with Gasteiger partial charge in [0.1, 0.15) is 0 Å². The monoisotopic (exact) mass is 320 g/mol. The van der Waals surface area contributed by atoms with E-state index in [-0.39, 0.29) is 6.03 Å². The van der Waals surface area contributed by atoms with E-state index in [2.05, 4.69) is 15.7 Å². The quantitative estimate of drug-likeness (QED) is 0.755. The topological polar surface area (TPSA) is 59.0 Å². The molecule has 0 unspecified atom stereocenters. The van der Waals surface area contributed by atoms with Crippen LogP contribution in [0.3, 0.4) is 0 Å². The summed E-state index contributed by atoms with van der Waals surface area (Å²) < 4.78 is 1.86. The molecule has 3 aromatic rings. The first kappa shape index (κ1) is 15.8. The molecule has 5 heteroatoms. The van der Waals surface area contributed by atoms with Gasteiger partial charge in [-0.1, -0.05) is 36.4 Å². The molecule has 0 aliphatic carbocycles. The molecule has 0 radical (unpaired) electrons. The molecule has 24 heavy (non-hydrogen) atoms. The van der Waals surface area contributed by atoms with Gasteiger partial charge in [0.2, 0.25) is 0 Å². The first-order valence-electron chi connectivity index (χ1n) is 7.86. The summed E-state index contributed by atoms with van der Waals surface area (Å²) in [4.78, 5) is 12.0. The Morgan fingerprint density at radius 3 is 2.58 bits per heavy atom. The third kappa shape index (κ3) is 4.23. The van der Waals surface area contributed by atoms with E-state index in [4.69, 9.17) is 0 Å². The Hall–Kier alpha value is -3.08. The van der Waals surface area contributed by atoms with Crippen LogP contribution in [0, 0.1) is 6.92 Å². The first-order chi connectivity index (χ1) is 11.7. The summed E-state index contributed by atoms with van der Waals surface area (Å²) in [6.07, 6.45) is 3.68. The minimum atomic E-state index is -0.210. The Balaban J connectivity index is 1.52. The van der Waals surface area contributed by atoms with Crippen molar-refractivity contribution in [3.8, 4) is 0 Å². The number of nitrogens with zero attached hydrogens (tertiary/aromatic N) is 2. The number of carbonyl (C=O) groups excluding carboxylic acids is 1. The van der Waals surface area contributed by atoms with Crippen LogP contribution in [0.1, 0.15) is 16.7 Å². The lowest BCUT2D eigenvalue weighted by molar-refractivity contribution is 0.251. The van der Waals surface area contributed by atoms with E-state index in [1.54, 1.807) is 6.20 Å². The van der Waals surface area contributed by atoms with Crippen LogP contribution in [0.15, 0.2) is 67.0 Å². The minimum absolute atomic E-state index is 0.210. The SMILES string of the molecule is Cc1ccccc1CNC(=O)Nc1ccc(Cn2cccn2)cc1. The van der Waals surface area contributed by atoms with Gasteiger partial charge in [-0.15, -0.1) is 0 Å². The maximum Gasteiger partial charge on any atom is 0.319 e. The Labute approximate surface area is 141 Å². The van der Waals surface area contributed by atoms with Gasteiger partial charge in [0, 0.05) is 24.6 Å². The normalized spacial score (nSPS) is 10.4. The second-order valence-corrected chi connectivity index (χ2v) is 5.63. The van der Waals surface area contributed by atoms with Gasteiger partial charge < -0.3 is 10.6 Å². The third-order valence-electron chi connectivity index (χ3n) is 3.82. The maximum absolute atomic E-state index is 12.0. The molecule has 0 fully saturated rings. The molecule has 0 bridgehead atoms. The lowest BCUT2D eigenvalue weighted by Gasteiger charge is -2.10. The average molecular weight is 320 g/mol. The van der Waals surface area contributed by atoms with Crippen LogP contribution in [0.2, 0.25) is 0 Å². The molecule has 5 nitrogen and oxygen atoms in total. The van der Waals surface area contributed by atoms with Crippen molar-refractivity contribution >= 4 is 11.7 Å². The molecule has 3 rings (SSSR count). The number of carbonyl (C=O) groups is 1. The van der Waals surface area contributed by atoms with E-state index < -0.39 is 0 Å². The largest absolute Gasteiger partial charge is 0.334 e. The molecule has 0 atom stereocenters. The van der Waals surface area contributed by atoms with Gasteiger partial charge in [-0.25, -0.2) is 4.79 Å². The summed E-state index contributed by atoms with van der Waals surface area (Å²) in [5, 5.41) is 9.90. The Kier molecular flexibility index (Phi) is 4.91. The molecule has 2 N–H and O–H groups in total. The number of hydrogen-bond donors (Lipinski definition) is 2. The summed E-state index contributed by atoms with van der Waals surface area (Å²) in [5.74, 6) is 0. The number of hydrogen-bond acceptors (Lipinski definition) is 2. The Morgan fingerprint density at radius 1 is 1.08 bits per heavy atom. The highest BCUT2D eigenvalue weighted by atomic mass is 16.2. The highest BCUT2D eigenvalue weighted by Crippen LogP contribution is 2.11. The first-order valence-corrected chi connectivity index (χ1v) is 7.86. The van der Waals surface area contributed by atoms with Crippen LogP contribution in [0.25, 0.3) is 0 Å². The van der Waals surface area contributed by atoms with Gasteiger partial charge in [-0.2, -0.15) is 5.10 Å². The van der Waals surface area contributed by atoms with Gasteiger partial charge in [0.05, 0.1) is 6.54 Å². The second kappa shape index (κ2) is 7.46. The molecule has 0 saturated carbocycles. The molecule has 0 saturated heterocycles.